The van der Waals surface area contributed by atoms with Crippen molar-refractivity contribution >= 4 is 17.5 Å². The average Bonchev–Trinajstić information content (AvgIpc) is 3.35. The number of nitrogens with one attached hydrogen (secondary N) is 1. The highest BCUT2D eigenvalue weighted by molar-refractivity contribution is 6.32. The molecule has 1 aromatic heterocycles. The Morgan fingerprint density at radius 2 is 2.12 bits per heavy atom. The minimum Gasteiger partial charge on any atom is -0.487 e. The van der Waals surface area contributed by atoms with Crippen LogP contribution in [-0.2, 0) is 0 Å². The molecule has 0 saturated carbocycles. The van der Waals surface area contributed by atoms with Gasteiger partial charge in [-0.25, -0.2) is 4.98 Å². The summed E-state index contributed by atoms with van der Waals surface area (Å²) >= 11 is 6.14. The summed E-state index contributed by atoms with van der Waals surface area (Å²) in [6, 6.07) is 14.8. The quantitative estimate of drug-likeness (QED) is 0.766. The van der Waals surface area contributed by atoms with Crippen LogP contribution in [0.25, 0.3) is 11.4 Å². The number of nitrogens with zero attached hydrogens (tertiary/aromatic N) is 3. The molecule has 7 heteroatoms. The molecule has 1 aliphatic rings. The molecule has 3 aromatic rings. The van der Waals surface area contributed by atoms with E-state index in [1.165, 1.54) is 6.33 Å². The molecule has 2 heterocycles. The summed E-state index contributed by atoms with van der Waals surface area (Å²) in [5.74, 6) is 1.28. The first-order valence-electron chi connectivity index (χ1n) is 8.37. The number of carbonyl (C=O) groups excluding carboxylic acids is 1. The molecule has 0 aliphatic carbocycles. The normalized spacial score (nSPS) is 16.7. The Labute approximate surface area is 155 Å². The first kappa shape index (κ1) is 16.6. The maximum atomic E-state index is 12.8. The lowest BCUT2D eigenvalue weighted by Gasteiger charge is -2.18. The number of halogens is 1. The van der Waals surface area contributed by atoms with Gasteiger partial charge in [0.15, 0.2) is 5.82 Å². The minimum atomic E-state index is -0.0590. The summed E-state index contributed by atoms with van der Waals surface area (Å²) in [4.78, 5) is 18.8. The van der Waals surface area contributed by atoms with Gasteiger partial charge in [-0.15, -0.1) is 0 Å². The zero-order valence-corrected chi connectivity index (χ0v) is 14.7. The predicted octanol–water partition coefficient (Wildman–Crippen LogP) is 3.42. The van der Waals surface area contributed by atoms with Gasteiger partial charge in [0.05, 0.1) is 11.6 Å². The lowest BCUT2D eigenvalue weighted by Crippen LogP contribution is -2.31. The van der Waals surface area contributed by atoms with E-state index in [0.717, 1.165) is 12.0 Å². The standard InChI is InChI=1S/C19H17ClN4O2/c20-16-6-1-2-7-17(16)26-15-8-9-24(11-15)19(25)14-5-3-4-13(10-14)18-21-12-22-23-18/h1-7,10,12,15H,8-9,11H2,(H,21,22,23). The molecule has 1 saturated heterocycles. The van der Waals surface area contributed by atoms with Gasteiger partial charge in [-0.1, -0.05) is 35.9 Å². The zero-order valence-electron chi connectivity index (χ0n) is 13.9. The molecule has 1 aliphatic heterocycles. The van der Waals surface area contributed by atoms with Crippen LogP contribution in [0.2, 0.25) is 5.02 Å². The van der Waals surface area contributed by atoms with E-state index in [1.54, 1.807) is 11.0 Å². The molecule has 0 bridgehead atoms. The Balaban J connectivity index is 1.45. The van der Waals surface area contributed by atoms with Crippen LogP contribution in [0.5, 0.6) is 5.75 Å². The topological polar surface area (TPSA) is 71.1 Å². The zero-order chi connectivity index (χ0) is 17.9. The summed E-state index contributed by atoms with van der Waals surface area (Å²) in [7, 11) is 0. The van der Waals surface area contributed by atoms with Crippen molar-refractivity contribution < 1.29 is 9.53 Å². The average molecular weight is 369 g/mol. The van der Waals surface area contributed by atoms with Crippen LogP contribution >= 0.6 is 11.6 Å². The fourth-order valence-electron chi connectivity index (χ4n) is 3.06. The Morgan fingerprint density at radius 1 is 1.23 bits per heavy atom. The maximum absolute atomic E-state index is 12.8. The van der Waals surface area contributed by atoms with Gasteiger partial charge in [0.25, 0.3) is 5.91 Å². The summed E-state index contributed by atoms with van der Waals surface area (Å²) in [6.07, 6.45) is 2.16. The van der Waals surface area contributed by atoms with E-state index in [0.29, 0.717) is 35.2 Å². The summed E-state index contributed by atoms with van der Waals surface area (Å²) < 4.78 is 5.96. The lowest BCUT2D eigenvalue weighted by atomic mass is 10.1. The van der Waals surface area contributed by atoms with Gasteiger partial charge in [-0.3, -0.25) is 9.89 Å². The summed E-state index contributed by atoms with van der Waals surface area (Å²) in [5.41, 5.74) is 1.45. The summed E-state index contributed by atoms with van der Waals surface area (Å²) in [6.45, 7) is 1.19. The number of H-pyrrole nitrogens is 1. The number of aromatic nitrogens is 3. The van der Waals surface area contributed by atoms with Crippen molar-refractivity contribution in [1.82, 2.24) is 20.1 Å². The second kappa shape index (κ2) is 7.17. The maximum Gasteiger partial charge on any atom is 0.254 e. The van der Waals surface area contributed by atoms with Crippen LogP contribution in [0.15, 0.2) is 54.9 Å². The van der Waals surface area contributed by atoms with E-state index < -0.39 is 0 Å². The molecule has 1 fully saturated rings. The molecular weight excluding hydrogens is 352 g/mol. The van der Waals surface area contributed by atoms with Crippen molar-refractivity contribution in [2.75, 3.05) is 13.1 Å². The molecular formula is C19H17ClN4O2. The number of amides is 1. The monoisotopic (exact) mass is 368 g/mol. The Hall–Kier alpha value is -2.86. The lowest BCUT2D eigenvalue weighted by molar-refractivity contribution is 0.0772. The van der Waals surface area contributed by atoms with E-state index in [2.05, 4.69) is 15.2 Å². The smallest absolute Gasteiger partial charge is 0.254 e. The Bertz CT molecular complexity index is 913. The highest BCUT2D eigenvalue weighted by Crippen LogP contribution is 2.27. The molecule has 0 radical (unpaired) electrons. The van der Waals surface area contributed by atoms with Crippen molar-refractivity contribution in [3.8, 4) is 17.1 Å². The fourth-order valence-corrected chi connectivity index (χ4v) is 3.24. The molecule has 1 atom stereocenters. The van der Waals surface area contributed by atoms with E-state index in [9.17, 15) is 4.79 Å². The molecule has 6 nitrogen and oxygen atoms in total. The van der Waals surface area contributed by atoms with Crippen LogP contribution in [0.4, 0.5) is 0 Å². The second-order valence-corrected chi connectivity index (χ2v) is 6.53. The Kier molecular flexibility index (Phi) is 4.58. The van der Waals surface area contributed by atoms with Crippen molar-refractivity contribution in [3.63, 3.8) is 0 Å². The van der Waals surface area contributed by atoms with E-state index in [1.807, 2.05) is 42.5 Å². The minimum absolute atomic E-state index is 0.0170. The number of carbonyl (C=O) groups is 1. The van der Waals surface area contributed by atoms with Crippen molar-refractivity contribution in [1.29, 1.82) is 0 Å². The molecule has 26 heavy (non-hydrogen) atoms. The largest absolute Gasteiger partial charge is 0.487 e. The molecule has 2 aromatic carbocycles. The highest BCUT2D eigenvalue weighted by atomic mass is 35.5. The molecule has 0 spiro atoms. The summed E-state index contributed by atoms with van der Waals surface area (Å²) in [5, 5.41) is 7.24. The van der Waals surface area contributed by atoms with E-state index in [4.69, 9.17) is 16.3 Å². The van der Waals surface area contributed by atoms with Gasteiger partial charge < -0.3 is 9.64 Å². The van der Waals surface area contributed by atoms with Crippen LogP contribution in [0.1, 0.15) is 16.8 Å². The number of rotatable bonds is 4. The second-order valence-electron chi connectivity index (χ2n) is 6.13. The highest BCUT2D eigenvalue weighted by Gasteiger charge is 2.28. The molecule has 1 N–H and O–H groups in total. The van der Waals surface area contributed by atoms with Gasteiger partial charge in [0, 0.05) is 24.1 Å². The van der Waals surface area contributed by atoms with Gasteiger partial charge in [-0.05, 0) is 24.3 Å². The van der Waals surface area contributed by atoms with Crippen LogP contribution in [0, 0.1) is 0 Å². The van der Waals surface area contributed by atoms with Gasteiger partial charge >= 0.3 is 0 Å². The number of para-hydroxylation sites is 1. The molecule has 1 amide bonds. The number of benzene rings is 2. The third kappa shape index (κ3) is 3.41. The van der Waals surface area contributed by atoms with Crippen molar-refractivity contribution in [2.24, 2.45) is 0 Å². The first-order valence-corrected chi connectivity index (χ1v) is 8.75. The number of aromatic amines is 1. The van der Waals surface area contributed by atoms with Gasteiger partial charge in [0.1, 0.15) is 18.2 Å². The SMILES string of the molecule is O=C(c1cccc(-c2ncn[nH]2)c1)N1CCC(Oc2ccccc2Cl)C1. The third-order valence-corrected chi connectivity index (χ3v) is 4.67. The number of hydrogen-bond donors (Lipinski definition) is 1. The predicted molar refractivity (Wildman–Crippen MR) is 98.2 cm³/mol. The molecule has 1 unspecified atom stereocenters. The fraction of sp³-hybridized carbons (Fsp3) is 0.211. The van der Waals surface area contributed by atoms with Gasteiger partial charge in [0.2, 0.25) is 0 Å². The van der Waals surface area contributed by atoms with Crippen molar-refractivity contribution in [2.45, 2.75) is 12.5 Å². The van der Waals surface area contributed by atoms with E-state index >= 15 is 0 Å². The third-order valence-electron chi connectivity index (χ3n) is 4.36. The van der Waals surface area contributed by atoms with Gasteiger partial charge in [-0.2, -0.15) is 5.10 Å². The van der Waals surface area contributed by atoms with Crippen molar-refractivity contribution in [3.05, 3.63) is 65.4 Å². The first-order chi connectivity index (χ1) is 12.7. The van der Waals surface area contributed by atoms with Crippen LogP contribution < -0.4 is 4.74 Å². The van der Waals surface area contributed by atoms with Crippen LogP contribution in [0.3, 0.4) is 0 Å². The number of likely N-dealkylation sites (tertiary alicyclic amines) is 1. The van der Waals surface area contributed by atoms with Crippen LogP contribution in [-0.4, -0.2) is 45.2 Å². The molecule has 4 rings (SSSR count). The Morgan fingerprint density at radius 3 is 2.92 bits per heavy atom. The van der Waals surface area contributed by atoms with E-state index in [-0.39, 0.29) is 12.0 Å². The molecule has 132 valence electrons. The number of ether oxygens (including phenoxy) is 1. The number of hydrogen-bond acceptors (Lipinski definition) is 4.